The van der Waals surface area contributed by atoms with E-state index in [1.165, 1.54) is 11.1 Å². The highest BCUT2D eigenvalue weighted by molar-refractivity contribution is 6.33. The maximum Gasteiger partial charge on any atom is 0.0451 e. The van der Waals surface area contributed by atoms with Crippen LogP contribution in [0.15, 0.2) is 42.5 Å². The molecule has 0 aliphatic rings. The summed E-state index contributed by atoms with van der Waals surface area (Å²) < 4.78 is 0. The molecule has 2 rings (SSSR count). The fourth-order valence-electron chi connectivity index (χ4n) is 2.00. The van der Waals surface area contributed by atoms with E-state index in [2.05, 4.69) is 43.4 Å². The van der Waals surface area contributed by atoms with E-state index in [0.29, 0.717) is 11.6 Å². The molecular weight excluding hydrogens is 277 g/mol. The van der Waals surface area contributed by atoms with E-state index in [-0.39, 0.29) is 6.04 Å². The Kier molecular flexibility index (Phi) is 4.87. The monoisotopic (exact) mass is 293 g/mol. The van der Waals surface area contributed by atoms with Crippen LogP contribution >= 0.6 is 23.2 Å². The molecule has 0 aromatic heterocycles. The number of rotatable bonds is 4. The van der Waals surface area contributed by atoms with Crippen LogP contribution in [0.25, 0.3) is 0 Å². The molecule has 19 heavy (non-hydrogen) atoms. The number of nitrogens with one attached hydrogen (secondary N) is 1. The van der Waals surface area contributed by atoms with E-state index in [9.17, 15) is 0 Å². The predicted molar refractivity (Wildman–Crippen MR) is 82.9 cm³/mol. The molecular formula is C16H17Cl2N. The first-order chi connectivity index (χ1) is 9.06. The Morgan fingerprint density at radius 2 is 1.89 bits per heavy atom. The van der Waals surface area contributed by atoms with Gasteiger partial charge in [0, 0.05) is 22.6 Å². The Balaban J connectivity index is 2.04. The van der Waals surface area contributed by atoms with E-state index >= 15 is 0 Å². The summed E-state index contributed by atoms with van der Waals surface area (Å²) in [6, 6.07) is 14.3. The molecule has 0 saturated heterocycles. The zero-order valence-corrected chi connectivity index (χ0v) is 12.6. The SMILES string of the molecule is Cc1cccc([C@@H](C)NCc2cc(Cl)ccc2Cl)c1. The first-order valence-electron chi connectivity index (χ1n) is 6.30. The van der Waals surface area contributed by atoms with Gasteiger partial charge in [-0.3, -0.25) is 0 Å². The van der Waals surface area contributed by atoms with Gasteiger partial charge in [0.2, 0.25) is 0 Å². The van der Waals surface area contributed by atoms with Gasteiger partial charge in [-0.25, -0.2) is 0 Å². The van der Waals surface area contributed by atoms with Crippen LogP contribution < -0.4 is 5.32 Å². The lowest BCUT2D eigenvalue weighted by Crippen LogP contribution is -2.18. The minimum absolute atomic E-state index is 0.273. The third-order valence-corrected chi connectivity index (χ3v) is 3.75. The van der Waals surface area contributed by atoms with Crippen LogP contribution in [-0.2, 0) is 6.54 Å². The third kappa shape index (κ3) is 3.97. The van der Waals surface area contributed by atoms with Crippen molar-refractivity contribution < 1.29 is 0 Å². The molecule has 0 saturated carbocycles. The Morgan fingerprint density at radius 1 is 1.11 bits per heavy atom. The number of hydrogen-bond acceptors (Lipinski definition) is 1. The van der Waals surface area contributed by atoms with Gasteiger partial charge < -0.3 is 5.32 Å². The van der Waals surface area contributed by atoms with Gasteiger partial charge in [0.15, 0.2) is 0 Å². The number of hydrogen-bond donors (Lipinski definition) is 1. The summed E-state index contributed by atoms with van der Waals surface area (Å²) in [4.78, 5) is 0. The van der Waals surface area contributed by atoms with Gasteiger partial charge in [-0.15, -0.1) is 0 Å². The number of halogens is 2. The van der Waals surface area contributed by atoms with Gasteiger partial charge in [-0.2, -0.15) is 0 Å². The van der Waals surface area contributed by atoms with Gasteiger partial charge in [0.1, 0.15) is 0 Å². The molecule has 0 amide bonds. The molecule has 0 heterocycles. The molecule has 2 aromatic carbocycles. The van der Waals surface area contributed by atoms with Crippen molar-refractivity contribution in [1.29, 1.82) is 0 Å². The summed E-state index contributed by atoms with van der Waals surface area (Å²) in [5.41, 5.74) is 3.57. The highest BCUT2D eigenvalue weighted by atomic mass is 35.5. The summed E-state index contributed by atoms with van der Waals surface area (Å²) in [5.74, 6) is 0. The van der Waals surface area contributed by atoms with E-state index in [1.807, 2.05) is 12.1 Å². The topological polar surface area (TPSA) is 12.0 Å². The first kappa shape index (κ1) is 14.4. The lowest BCUT2D eigenvalue weighted by atomic mass is 10.1. The largest absolute Gasteiger partial charge is 0.306 e. The average molecular weight is 294 g/mol. The molecule has 1 N–H and O–H groups in total. The fraction of sp³-hybridized carbons (Fsp3) is 0.250. The molecule has 1 nitrogen and oxygen atoms in total. The van der Waals surface area contributed by atoms with Crippen LogP contribution in [-0.4, -0.2) is 0 Å². The molecule has 0 unspecified atom stereocenters. The van der Waals surface area contributed by atoms with Crippen LogP contribution in [0.2, 0.25) is 10.0 Å². The minimum atomic E-state index is 0.273. The molecule has 1 atom stereocenters. The highest BCUT2D eigenvalue weighted by Crippen LogP contribution is 2.22. The Hall–Kier alpha value is -1.02. The molecule has 3 heteroatoms. The summed E-state index contributed by atoms with van der Waals surface area (Å²) in [6.45, 7) is 4.95. The molecule has 0 fully saturated rings. The summed E-state index contributed by atoms with van der Waals surface area (Å²) in [5, 5.41) is 4.92. The van der Waals surface area contributed by atoms with Crippen LogP contribution in [0.4, 0.5) is 0 Å². The highest BCUT2D eigenvalue weighted by Gasteiger charge is 2.07. The number of benzene rings is 2. The van der Waals surface area contributed by atoms with E-state index in [1.54, 1.807) is 6.07 Å². The minimum Gasteiger partial charge on any atom is -0.306 e. The fourth-order valence-corrected chi connectivity index (χ4v) is 2.38. The van der Waals surface area contributed by atoms with Crippen LogP contribution in [0, 0.1) is 6.92 Å². The van der Waals surface area contributed by atoms with E-state index in [4.69, 9.17) is 23.2 Å². The van der Waals surface area contributed by atoms with Crippen molar-refractivity contribution in [2.75, 3.05) is 0 Å². The first-order valence-corrected chi connectivity index (χ1v) is 7.06. The van der Waals surface area contributed by atoms with Crippen LogP contribution in [0.1, 0.15) is 29.7 Å². The van der Waals surface area contributed by atoms with Crippen molar-refractivity contribution in [3.63, 3.8) is 0 Å². The molecule has 0 aliphatic carbocycles. The number of aryl methyl sites for hydroxylation is 1. The molecule has 0 spiro atoms. The maximum atomic E-state index is 6.15. The molecule has 100 valence electrons. The van der Waals surface area contributed by atoms with Crippen LogP contribution in [0.5, 0.6) is 0 Å². The summed E-state index contributed by atoms with van der Waals surface area (Å²) >= 11 is 12.1. The average Bonchev–Trinajstić information content (AvgIpc) is 2.39. The smallest absolute Gasteiger partial charge is 0.0451 e. The van der Waals surface area contributed by atoms with Crippen molar-refractivity contribution in [3.8, 4) is 0 Å². The van der Waals surface area contributed by atoms with Crippen molar-refractivity contribution in [2.24, 2.45) is 0 Å². The van der Waals surface area contributed by atoms with Crippen molar-refractivity contribution in [1.82, 2.24) is 5.32 Å². The standard InChI is InChI=1S/C16H17Cl2N/c1-11-4-3-5-13(8-11)12(2)19-10-14-9-15(17)6-7-16(14)18/h3-9,12,19H,10H2,1-2H3/t12-/m1/s1. The lowest BCUT2D eigenvalue weighted by molar-refractivity contribution is 0.574. The van der Waals surface area contributed by atoms with Gasteiger partial charge in [-0.05, 0) is 43.2 Å². The zero-order valence-electron chi connectivity index (χ0n) is 11.1. The molecule has 0 radical (unpaired) electrons. The second kappa shape index (κ2) is 6.42. The molecule has 0 bridgehead atoms. The Bertz CT molecular complexity index is 566. The molecule has 0 aliphatic heterocycles. The second-order valence-corrected chi connectivity index (χ2v) is 5.60. The normalized spacial score (nSPS) is 12.4. The van der Waals surface area contributed by atoms with Crippen LogP contribution in [0.3, 0.4) is 0 Å². The Labute approximate surface area is 124 Å². The quantitative estimate of drug-likeness (QED) is 0.822. The maximum absolute atomic E-state index is 6.15. The Morgan fingerprint density at radius 3 is 2.63 bits per heavy atom. The van der Waals surface area contributed by atoms with Crippen molar-refractivity contribution >= 4 is 23.2 Å². The second-order valence-electron chi connectivity index (χ2n) is 4.75. The van der Waals surface area contributed by atoms with E-state index in [0.717, 1.165) is 10.6 Å². The van der Waals surface area contributed by atoms with Gasteiger partial charge in [-0.1, -0.05) is 53.0 Å². The van der Waals surface area contributed by atoms with Crippen molar-refractivity contribution in [2.45, 2.75) is 26.4 Å². The zero-order chi connectivity index (χ0) is 13.8. The predicted octanol–water partition coefficient (Wildman–Crippen LogP) is 5.15. The summed E-state index contributed by atoms with van der Waals surface area (Å²) in [7, 11) is 0. The third-order valence-electron chi connectivity index (χ3n) is 3.15. The van der Waals surface area contributed by atoms with Gasteiger partial charge in [0.05, 0.1) is 0 Å². The molecule has 2 aromatic rings. The summed E-state index contributed by atoms with van der Waals surface area (Å²) in [6.07, 6.45) is 0. The van der Waals surface area contributed by atoms with Gasteiger partial charge in [0.25, 0.3) is 0 Å². The van der Waals surface area contributed by atoms with E-state index < -0.39 is 0 Å². The lowest BCUT2D eigenvalue weighted by Gasteiger charge is -2.15. The van der Waals surface area contributed by atoms with Gasteiger partial charge >= 0.3 is 0 Å². The van der Waals surface area contributed by atoms with Crippen molar-refractivity contribution in [3.05, 3.63) is 69.2 Å².